The quantitative estimate of drug-likeness (QED) is 0.937. The van der Waals surface area contributed by atoms with Gasteiger partial charge in [-0.25, -0.2) is 0 Å². The summed E-state index contributed by atoms with van der Waals surface area (Å²) in [7, 11) is 1.49. The fraction of sp³-hybridized carbons (Fsp3) is 0.250. The molecule has 0 unspecified atom stereocenters. The van der Waals surface area contributed by atoms with Crippen LogP contribution in [0.2, 0.25) is 0 Å². The van der Waals surface area contributed by atoms with Crippen LogP contribution in [0.3, 0.4) is 0 Å². The molecule has 110 valence electrons. The van der Waals surface area contributed by atoms with Gasteiger partial charge in [0, 0.05) is 24.1 Å². The molecular weight excluding hydrogens is 268 g/mol. The van der Waals surface area contributed by atoms with Crippen molar-refractivity contribution < 1.29 is 14.7 Å². The minimum absolute atomic E-state index is 0.285. The predicted molar refractivity (Wildman–Crippen MR) is 79.8 cm³/mol. The van der Waals surface area contributed by atoms with Crippen LogP contribution in [0.4, 0.5) is 0 Å². The molecule has 0 aliphatic carbocycles. The van der Waals surface area contributed by atoms with Gasteiger partial charge in [0.25, 0.3) is 5.91 Å². The molecule has 5 heteroatoms. The summed E-state index contributed by atoms with van der Waals surface area (Å²) in [5.41, 5.74) is 3.25. The minimum atomic E-state index is -1.03. The fourth-order valence-corrected chi connectivity index (χ4v) is 2.43. The second kappa shape index (κ2) is 5.83. The van der Waals surface area contributed by atoms with Gasteiger partial charge in [-0.3, -0.25) is 9.59 Å². The maximum atomic E-state index is 12.3. The number of hydrogen-bond donors (Lipinski definition) is 1. The van der Waals surface area contributed by atoms with Gasteiger partial charge in [-0.15, -0.1) is 0 Å². The second-order valence-electron chi connectivity index (χ2n) is 5.01. The lowest BCUT2D eigenvalue weighted by molar-refractivity contribution is -0.137. The number of aromatic nitrogens is 1. The maximum Gasteiger partial charge on any atom is 0.323 e. The highest BCUT2D eigenvalue weighted by molar-refractivity contribution is 5.97. The Morgan fingerprint density at radius 1 is 1.19 bits per heavy atom. The molecular formula is C16H18N2O3. The predicted octanol–water partition coefficient (Wildman–Crippen LogP) is 2.25. The molecule has 0 spiro atoms. The summed E-state index contributed by atoms with van der Waals surface area (Å²) >= 11 is 0. The van der Waals surface area contributed by atoms with Crippen molar-refractivity contribution in [2.45, 2.75) is 13.8 Å². The van der Waals surface area contributed by atoms with Crippen molar-refractivity contribution in [3.05, 3.63) is 53.3 Å². The van der Waals surface area contributed by atoms with E-state index in [1.54, 1.807) is 6.07 Å². The van der Waals surface area contributed by atoms with E-state index in [0.29, 0.717) is 5.56 Å². The number of carbonyl (C=O) groups is 2. The van der Waals surface area contributed by atoms with Crippen LogP contribution in [0.1, 0.15) is 21.7 Å². The number of nitrogens with zero attached hydrogens (tertiary/aromatic N) is 2. The van der Waals surface area contributed by atoms with Gasteiger partial charge in [0.15, 0.2) is 0 Å². The van der Waals surface area contributed by atoms with Crippen LogP contribution >= 0.6 is 0 Å². The number of hydrogen-bond acceptors (Lipinski definition) is 2. The molecule has 0 saturated heterocycles. The largest absolute Gasteiger partial charge is 0.480 e. The first-order chi connectivity index (χ1) is 9.91. The molecule has 21 heavy (non-hydrogen) atoms. The lowest BCUT2D eigenvalue weighted by Gasteiger charge is -2.15. The number of carboxylic acid groups (broad SMARTS) is 1. The van der Waals surface area contributed by atoms with E-state index in [9.17, 15) is 9.59 Å². The average Bonchev–Trinajstić information content (AvgIpc) is 2.73. The van der Waals surface area contributed by atoms with Gasteiger partial charge in [0.05, 0.1) is 5.56 Å². The average molecular weight is 286 g/mol. The Kier molecular flexibility index (Phi) is 4.12. The summed E-state index contributed by atoms with van der Waals surface area (Å²) in [5.74, 6) is -1.31. The number of likely N-dealkylation sites (N-methyl/N-ethyl adjacent to an activating group) is 1. The van der Waals surface area contributed by atoms with Crippen LogP contribution in [0.5, 0.6) is 0 Å². The van der Waals surface area contributed by atoms with Crippen LogP contribution in [0.15, 0.2) is 36.4 Å². The molecule has 2 rings (SSSR count). The molecule has 0 radical (unpaired) electrons. The van der Waals surface area contributed by atoms with Gasteiger partial charge >= 0.3 is 5.97 Å². The number of aliphatic carboxylic acids is 1. The van der Waals surface area contributed by atoms with Crippen molar-refractivity contribution in [2.75, 3.05) is 13.6 Å². The third-order valence-electron chi connectivity index (χ3n) is 3.40. The maximum absolute atomic E-state index is 12.3. The van der Waals surface area contributed by atoms with E-state index >= 15 is 0 Å². The van der Waals surface area contributed by atoms with Crippen LogP contribution in [-0.2, 0) is 4.79 Å². The Bertz CT molecular complexity index is 674. The first-order valence-corrected chi connectivity index (χ1v) is 6.63. The molecule has 1 aromatic heterocycles. The molecule has 1 heterocycles. The number of aryl methyl sites for hydroxylation is 1. The Labute approximate surface area is 123 Å². The zero-order valence-electron chi connectivity index (χ0n) is 12.3. The van der Waals surface area contributed by atoms with E-state index in [4.69, 9.17) is 5.11 Å². The minimum Gasteiger partial charge on any atom is -0.480 e. The van der Waals surface area contributed by atoms with Crippen LogP contribution < -0.4 is 0 Å². The van der Waals surface area contributed by atoms with Crippen molar-refractivity contribution in [1.82, 2.24) is 9.47 Å². The van der Waals surface area contributed by atoms with E-state index in [-0.39, 0.29) is 12.5 Å². The summed E-state index contributed by atoms with van der Waals surface area (Å²) in [6, 6.07) is 11.5. The third kappa shape index (κ3) is 2.97. The summed E-state index contributed by atoms with van der Waals surface area (Å²) < 4.78 is 1.99. The molecule has 2 aromatic rings. The number of carbonyl (C=O) groups excluding carboxylic acids is 1. The van der Waals surface area contributed by atoms with Crippen molar-refractivity contribution in [2.24, 2.45) is 0 Å². The van der Waals surface area contributed by atoms with Crippen LogP contribution in [0.25, 0.3) is 5.69 Å². The molecule has 1 N–H and O–H groups in total. The standard InChI is InChI=1S/C16H18N2O3/c1-11-9-14(16(21)17(3)10-15(19)20)12(2)18(11)13-7-5-4-6-8-13/h4-9H,10H2,1-3H3,(H,19,20). The Balaban J connectivity index is 2.40. The molecule has 1 aromatic carbocycles. The third-order valence-corrected chi connectivity index (χ3v) is 3.40. The lowest BCUT2D eigenvalue weighted by Crippen LogP contribution is -2.32. The first kappa shape index (κ1) is 14.8. The molecule has 0 aliphatic rings. The zero-order chi connectivity index (χ0) is 15.6. The van der Waals surface area contributed by atoms with Crippen molar-refractivity contribution in [1.29, 1.82) is 0 Å². The normalized spacial score (nSPS) is 10.4. The number of carboxylic acids is 1. The Hall–Kier alpha value is -2.56. The lowest BCUT2D eigenvalue weighted by atomic mass is 10.2. The molecule has 0 fully saturated rings. The van der Waals surface area contributed by atoms with E-state index in [0.717, 1.165) is 17.1 Å². The molecule has 0 saturated carbocycles. The Morgan fingerprint density at radius 2 is 1.81 bits per heavy atom. The van der Waals surface area contributed by atoms with Crippen LogP contribution in [-0.4, -0.2) is 40.0 Å². The highest BCUT2D eigenvalue weighted by atomic mass is 16.4. The van der Waals surface area contributed by atoms with Crippen molar-refractivity contribution in [3.63, 3.8) is 0 Å². The fourth-order valence-electron chi connectivity index (χ4n) is 2.43. The van der Waals surface area contributed by atoms with Gasteiger partial charge in [0.1, 0.15) is 6.54 Å². The topological polar surface area (TPSA) is 62.5 Å². The monoisotopic (exact) mass is 286 g/mol. The number of benzene rings is 1. The highest BCUT2D eigenvalue weighted by Crippen LogP contribution is 2.21. The number of rotatable bonds is 4. The highest BCUT2D eigenvalue weighted by Gasteiger charge is 2.20. The van der Waals surface area contributed by atoms with E-state index in [2.05, 4.69) is 0 Å². The van der Waals surface area contributed by atoms with Gasteiger partial charge in [0.2, 0.25) is 0 Å². The Morgan fingerprint density at radius 3 is 2.38 bits per heavy atom. The zero-order valence-corrected chi connectivity index (χ0v) is 12.3. The summed E-state index contributed by atoms with van der Waals surface area (Å²) in [5, 5.41) is 8.79. The van der Waals surface area contributed by atoms with Crippen LogP contribution in [0, 0.1) is 13.8 Å². The molecule has 1 amide bonds. The van der Waals surface area contributed by atoms with E-state index < -0.39 is 5.97 Å². The van der Waals surface area contributed by atoms with Crippen molar-refractivity contribution in [3.8, 4) is 5.69 Å². The van der Waals surface area contributed by atoms with Gasteiger partial charge < -0.3 is 14.6 Å². The summed E-state index contributed by atoms with van der Waals surface area (Å²) in [4.78, 5) is 24.3. The summed E-state index contributed by atoms with van der Waals surface area (Å²) in [6.07, 6.45) is 0. The number of amides is 1. The van der Waals surface area contributed by atoms with Gasteiger partial charge in [-0.1, -0.05) is 18.2 Å². The first-order valence-electron chi connectivity index (χ1n) is 6.63. The molecule has 0 atom stereocenters. The van der Waals surface area contributed by atoms with E-state index in [1.807, 2.05) is 48.7 Å². The van der Waals surface area contributed by atoms with E-state index in [1.165, 1.54) is 11.9 Å². The van der Waals surface area contributed by atoms with Gasteiger partial charge in [-0.05, 0) is 32.0 Å². The smallest absolute Gasteiger partial charge is 0.323 e. The number of para-hydroxylation sites is 1. The second-order valence-corrected chi connectivity index (χ2v) is 5.01. The van der Waals surface area contributed by atoms with Gasteiger partial charge in [-0.2, -0.15) is 0 Å². The summed E-state index contributed by atoms with van der Waals surface area (Å²) in [6.45, 7) is 3.48. The molecule has 0 aliphatic heterocycles. The molecule has 5 nitrogen and oxygen atoms in total. The van der Waals surface area contributed by atoms with Crippen molar-refractivity contribution >= 4 is 11.9 Å². The SMILES string of the molecule is Cc1cc(C(=O)N(C)CC(=O)O)c(C)n1-c1ccccc1. The molecule has 0 bridgehead atoms.